The molecule has 0 aliphatic carbocycles. The van der Waals surface area contributed by atoms with Gasteiger partial charge in [-0.1, -0.05) is 13.8 Å². The van der Waals surface area contributed by atoms with Gasteiger partial charge in [-0.15, -0.1) is 0 Å². The van der Waals surface area contributed by atoms with Crippen LogP contribution in [-0.2, 0) is 4.79 Å². The molecule has 2 fully saturated rings. The highest BCUT2D eigenvalue weighted by molar-refractivity contribution is 5.84. The fraction of sp³-hybridized carbons (Fsp3) is 0.900. The minimum absolute atomic E-state index is 0.139. The van der Waals surface area contributed by atoms with Gasteiger partial charge in [-0.2, -0.15) is 0 Å². The third kappa shape index (κ3) is 1.26. The van der Waals surface area contributed by atoms with Crippen molar-refractivity contribution < 1.29 is 4.79 Å². The van der Waals surface area contributed by atoms with E-state index < -0.39 is 0 Å². The van der Waals surface area contributed by atoms with Gasteiger partial charge >= 0.3 is 0 Å². The molecule has 2 aliphatic heterocycles. The van der Waals surface area contributed by atoms with Crippen molar-refractivity contribution >= 4 is 5.91 Å². The Bertz CT molecular complexity index is 227. The first-order valence-electron chi connectivity index (χ1n) is 5.11. The van der Waals surface area contributed by atoms with E-state index in [1.54, 1.807) is 0 Å². The van der Waals surface area contributed by atoms with E-state index in [1.165, 1.54) is 6.42 Å². The maximum Gasteiger partial charge on any atom is 0.240 e. The number of hydrogen-bond donors (Lipinski definition) is 1. The molecule has 3 atom stereocenters. The molecule has 1 N–H and O–H groups in total. The predicted molar refractivity (Wildman–Crippen MR) is 51.3 cm³/mol. The average molecular weight is 182 g/mol. The Morgan fingerprint density at radius 3 is 2.69 bits per heavy atom. The Morgan fingerprint density at radius 2 is 2.23 bits per heavy atom. The van der Waals surface area contributed by atoms with Gasteiger partial charge in [0.1, 0.15) is 0 Å². The number of carbonyl (C=O) groups excluding carboxylic acids is 1. The summed E-state index contributed by atoms with van der Waals surface area (Å²) in [6, 6.07) is 0.593. The van der Waals surface area contributed by atoms with Gasteiger partial charge in [-0.05, 0) is 18.3 Å². The van der Waals surface area contributed by atoms with Crippen LogP contribution in [0.2, 0.25) is 0 Å². The first-order chi connectivity index (χ1) is 6.11. The molecule has 3 nitrogen and oxygen atoms in total. The summed E-state index contributed by atoms with van der Waals surface area (Å²) >= 11 is 0. The van der Waals surface area contributed by atoms with E-state index in [1.807, 2.05) is 11.9 Å². The predicted octanol–water partition coefficient (Wildman–Crippen LogP) is 0.461. The highest BCUT2D eigenvalue weighted by atomic mass is 16.2. The molecule has 1 amide bonds. The lowest BCUT2D eigenvalue weighted by atomic mass is 9.78. The minimum Gasteiger partial charge on any atom is -0.341 e. The van der Waals surface area contributed by atoms with Crippen LogP contribution in [0.15, 0.2) is 0 Å². The Labute approximate surface area is 79.5 Å². The standard InChI is InChI=1S/C10H18N2O/c1-6(2)8-4-7-5-11-9(7)10(13)12(8)3/h6-9,11H,4-5H2,1-3H3. The third-order valence-electron chi connectivity index (χ3n) is 3.50. The largest absolute Gasteiger partial charge is 0.341 e. The van der Waals surface area contributed by atoms with Crippen LogP contribution in [0.1, 0.15) is 20.3 Å². The number of nitrogens with one attached hydrogen (secondary N) is 1. The molecular formula is C10H18N2O. The molecule has 0 aromatic carbocycles. The number of carbonyl (C=O) groups is 1. The van der Waals surface area contributed by atoms with Crippen molar-refractivity contribution in [1.82, 2.24) is 10.2 Å². The summed E-state index contributed by atoms with van der Waals surface area (Å²) in [4.78, 5) is 13.7. The van der Waals surface area contributed by atoms with Gasteiger partial charge in [0.05, 0.1) is 6.04 Å². The normalized spacial score (nSPS) is 38.9. The summed E-state index contributed by atoms with van der Waals surface area (Å²) in [6.07, 6.45) is 1.18. The Kier molecular flexibility index (Phi) is 2.06. The van der Waals surface area contributed by atoms with Gasteiger partial charge in [0.25, 0.3) is 0 Å². The molecule has 2 aliphatic rings. The van der Waals surface area contributed by atoms with E-state index in [4.69, 9.17) is 0 Å². The average Bonchev–Trinajstić information content (AvgIpc) is 1.99. The maximum absolute atomic E-state index is 11.8. The minimum atomic E-state index is 0.139. The summed E-state index contributed by atoms with van der Waals surface area (Å²) in [7, 11) is 1.93. The first-order valence-corrected chi connectivity index (χ1v) is 5.11. The monoisotopic (exact) mass is 182 g/mol. The van der Waals surface area contributed by atoms with Crippen molar-refractivity contribution in [2.45, 2.75) is 32.4 Å². The number of amides is 1. The second kappa shape index (κ2) is 2.98. The third-order valence-corrected chi connectivity index (χ3v) is 3.50. The lowest BCUT2D eigenvalue weighted by Crippen LogP contribution is -2.67. The lowest BCUT2D eigenvalue weighted by molar-refractivity contribution is -0.145. The van der Waals surface area contributed by atoms with Gasteiger partial charge < -0.3 is 10.2 Å². The van der Waals surface area contributed by atoms with Crippen molar-refractivity contribution in [1.29, 1.82) is 0 Å². The quantitative estimate of drug-likeness (QED) is 0.639. The zero-order chi connectivity index (χ0) is 9.59. The summed E-state index contributed by atoms with van der Waals surface area (Å²) in [5.74, 6) is 1.48. The molecule has 3 unspecified atom stereocenters. The molecule has 13 heavy (non-hydrogen) atoms. The van der Waals surface area contributed by atoms with Crippen molar-refractivity contribution in [3.8, 4) is 0 Å². The summed E-state index contributed by atoms with van der Waals surface area (Å²) in [5.41, 5.74) is 0. The smallest absolute Gasteiger partial charge is 0.240 e. The molecule has 74 valence electrons. The fourth-order valence-corrected chi connectivity index (χ4v) is 2.48. The lowest BCUT2D eigenvalue weighted by Gasteiger charge is -2.49. The van der Waals surface area contributed by atoms with Crippen LogP contribution in [0.5, 0.6) is 0 Å². The van der Waals surface area contributed by atoms with Gasteiger partial charge in [0.2, 0.25) is 5.91 Å². The van der Waals surface area contributed by atoms with E-state index in [2.05, 4.69) is 19.2 Å². The molecule has 0 spiro atoms. The fourth-order valence-electron chi connectivity index (χ4n) is 2.48. The van der Waals surface area contributed by atoms with Crippen LogP contribution in [0.4, 0.5) is 0 Å². The molecule has 0 saturated carbocycles. The molecule has 2 heterocycles. The number of fused-ring (bicyclic) bond motifs is 1. The molecular weight excluding hydrogens is 164 g/mol. The van der Waals surface area contributed by atoms with Crippen molar-refractivity contribution in [2.75, 3.05) is 13.6 Å². The zero-order valence-corrected chi connectivity index (χ0v) is 8.58. The molecule has 2 saturated heterocycles. The van der Waals surface area contributed by atoms with Crippen LogP contribution in [0, 0.1) is 11.8 Å². The van der Waals surface area contributed by atoms with E-state index in [-0.39, 0.29) is 6.04 Å². The van der Waals surface area contributed by atoms with Crippen LogP contribution in [-0.4, -0.2) is 36.5 Å². The van der Waals surface area contributed by atoms with Crippen LogP contribution in [0.25, 0.3) is 0 Å². The van der Waals surface area contributed by atoms with Crippen molar-refractivity contribution in [3.63, 3.8) is 0 Å². The number of hydrogen-bond acceptors (Lipinski definition) is 2. The maximum atomic E-state index is 11.8. The second-order valence-corrected chi connectivity index (χ2v) is 4.64. The van der Waals surface area contributed by atoms with Gasteiger partial charge in [0.15, 0.2) is 0 Å². The van der Waals surface area contributed by atoms with Gasteiger partial charge in [-0.3, -0.25) is 4.79 Å². The molecule has 3 heteroatoms. The Hall–Kier alpha value is -0.570. The van der Waals surface area contributed by atoms with E-state index in [0.29, 0.717) is 23.8 Å². The van der Waals surface area contributed by atoms with Crippen LogP contribution in [0.3, 0.4) is 0 Å². The summed E-state index contributed by atoms with van der Waals surface area (Å²) in [6.45, 7) is 5.43. The van der Waals surface area contributed by atoms with E-state index in [9.17, 15) is 4.79 Å². The highest BCUT2D eigenvalue weighted by Gasteiger charge is 2.45. The van der Waals surface area contributed by atoms with Crippen LogP contribution >= 0.6 is 0 Å². The van der Waals surface area contributed by atoms with Crippen molar-refractivity contribution in [2.24, 2.45) is 11.8 Å². The molecule has 0 radical (unpaired) electrons. The second-order valence-electron chi connectivity index (χ2n) is 4.64. The summed E-state index contributed by atoms with van der Waals surface area (Å²) in [5, 5.41) is 3.20. The number of likely N-dealkylation sites (tertiary alicyclic amines) is 1. The zero-order valence-electron chi connectivity index (χ0n) is 8.58. The number of nitrogens with zero attached hydrogens (tertiary/aromatic N) is 1. The molecule has 0 aromatic heterocycles. The van der Waals surface area contributed by atoms with E-state index in [0.717, 1.165) is 6.54 Å². The topological polar surface area (TPSA) is 32.3 Å². The number of rotatable bonds is 1. The van der Waals surface area contributed by atoms with Gasteiger partial charge in [-0.25, -0.2) is 0 Å². The SMILES string of the molecule is CC(C)C1CC2CNC2C(=O)N1C. The Balaban J connectivity index is 2.11. The Morgan fingerprint density at radius 1 is 1.54 bits per heavy atom. The number of likely N-dealkylation sites (N-methyl/N-ethyl adjacent to an activating group) is 1. The highest BCUT2D eigenvalue weighted by Crippen LogP contribution is 2.31. The van der Waals surface area contributed by atoms with Crippen molar-refractivity contribution in [3.05, 3.63) is 0 Å². The molecule has 0 bridgehead atoms. The van der Waals surface area contributed by atoms with E-state index >= 15 is 0 Å². The molecule has 0 aromatic rings. The van der Waals surface area contributed by atoms with Gasteiger partial charge in [0, 0.05) is 19.6 Å². The molecule has 2 rings (SSSR count). The summed E-state index contributed by atoms with van der Waals surface area (Å²) < 4.78 is 0. The number of piperidine rings is 1. The first kappa shape index (κ1) is 9.00. The van der Waals surface area contributed by atoms with Crippen LogP contribution < -0.4 is 5.32 Å².